The number of rotatable bonds is 6. The zero-order valence-corrected chi connectivity index (χ0v) is 9.44. The van der Waals surface area contributed by atoms with Gasteiger partial charge in [-0.1, -0.05) is 13.3 Å². The maximum Gasteiger partial charge on any atom is 0.347 e. The van der Waals surface area contributed by atoms with Gasteiger partial charge < -0.3 is 5.32 Å². The van der Waals surface area contributed by atoms with Crippen molar-refractivity contribution in [2.24, 2.45) is 0 Å². The third kappa shape index (κ3) is 4.25. The molecule has 1 heterocycles. The van der Waals surface area contributed by atoms with E-state index in [0.717, 1.165) is 6.54 Å². The fourth-order valence-corrected chi connectivity index (χ4v) is 1.52. The summed E-state index contributed by atoms with van der Waals surface area (Å²) >= 11 is 0. The summed E-state index contributed by atoms with van der Waals surface area (Å²) in [5, 5.41) is 3.37. The highest BCUT2D eigenvalue weighted by Crippen LogP contribution is 1.93. The molecule has 1 unspecified atom stereocenters. The molecular weight excluding hydrogens is 190 g/mol. The Kier molecular flexibility index (Phi) is 5.04. The van der Waals surface area contributed by atoms with E-state index in [1.54, 1.807) is 16.8 Å². The average molecular weight is 209 g/mol. The van der Waals surface area contributed by atoms with Crippen molar-refractivity contribution >= 4 is 0 Å². The van der Waals surface area contributed by atoms with Crippen LogP contribution in [0.2, 0.25) is 0 Å². The van der Waals surface area contributed by atoms with Gasteiger partial charge in [-0.25, -0.2) is 9.78 Å². The first-order valence-electron chi connectivity index (χ1n) is 5.49. The molecule has 0 amide bonds. The predicted octanol–water partition coefficient (Wildman–Crippen LogP) is 1.02. The minimum absolute atomic E-state index is 0.178. The van der Waals surface area contributed by atoms with Crippen molar-refractivity contribution in [2.75, 3.05) is 6.54 Å². The molecule has 1 N–H and O–H groups in total. The minimum atomic E-state index is -0.178. The topological polar surface area (TPSA) is 46.9 Å². The van der Waals surface area contributed by atoms with Gasteiger partial charge in [-0.05, 0) is 19.4 Å². The van der Waals surface area contributed by atoms with Crippen LogP contribution < -0.4 is 11.0 Å². The Balaban J connectivity index is 2.32. The molecule has 0 saturated heterocycles. The lowest BCUT2D eigenvalue weighted by Crippen LogP contribution is -2.32. The quantitative estimate of drug-likeness (QED) is 0.761. The molecule has 0 radical (unpaired) electrons. The maximum absolute atomic E-state index is 11.2. The van der Waals surface area contributed by atoms with Crippen molar-refractivity contribution < 1.29 is 0 Å². The molecule has 1 aromatic rings. The van der Waals surface area contributed by atoms with E-state index in [0.29, 0.717) is 12.6 Å². The normalized spacial score (nSPS) is 12.7. The molecule has 84 valence electrons. The molecule has 0 aliphatic rings. The summed E-state index contributed by atoms with van der Waals surface area (Å²) in [6.07, 6.45) is 5.64. The van der Waals surface area contributed by atoms with Crippen LogP contribution in [0, 0.1) is 0 Å². The number of aromatic nitrogens is 2. The van der Waals surface area contributed by atoms with Gasteiger partial charge in [0, 0.05) is 31.5 Å². The van der Waals surface area contributed by atoms with E-state index in [4.69, 9.17) is 0 Å². The second-order valence-electron chi connectivity index (χ2n) is 3.74. The molecule has 1 aromatic heterocycles. The summed E-state index contributed by atoms with van der Waals surface area (Å²) in [6, 6.07) is 2.29. The van der Waals surface area contributed by atoms with Gasteiger partial charge in [0.15, 0.2) is 0 Å². The Morgan fingerprint density at radius 1 is 1.60 bits per heavy atom. The molecule has 0 saturated carbocycles. The number of nitrogens with one attached hydrogen (secondary N) is 1. The zero-order chi connectivity index (χ0) is 11.1. The van der Waals surface area contributed by atoms with E-state index in [1.807, 2.05) is 0 Å². The summed E-state index contributed by atoms with van der Waals surface area (Å²) in [5.74, 6) is 0. The van der Waals surface area contributed by atoms with Gasteiger partial charge in [-0.3, -0.25) is 4.57 Å². The molecule has 0 spiro atoms. The van der Waals surface area contributed by atoms with Crippen LogP contribution in [0.4, 0.5) is 0 Å². The largest absolute Gasteiger partial charge is 0.347 e. The molecule has 4 nitrogen and oxygen atoms in total. The van der Waals surface area contributed by atoms with Crippen LogP contribution in [0.3, 0.4) is 0 Å². The standard InChI is InChI=1S/C11H19N3O/c1-3-5-10(2)12-7-9-14-8-4-6-13-11(14)15/h4,6,8,10,12H,3,5,7,9H2,1-2H3. The van der Waals surface area contributed by atoms with Crippen molar-refractivity contribution in [2.45, 2.75) is 39.3 Å². The monoisotopic (exact) mass is 209 g/mol. The Morgan fingerprint density at radius 3 is 3.07 bits per heavy atom. The first kappa shape index (κ1) is 11.9. The van der Waals surface area contributed by atoms with Crippen molar-refractivity contribution in [3.63, 3.8) is 0 Å². The van der Waals surface area contributed by atoms with Gasteiger partial charge in [0.05, 0.1) is 0 Å². The number of nitrogens with zero attached hydrogens (tertiary/aromatic N) is 2. The van der Waals surface area contributed by atoms with E-state index in [2.05, 4.69) is 24.1 Å². The molecule has 1 rings (SSSR count). The van der Waals surface area contributed by atoms with E-state index in [1.165, 1.54) is 19.0 Å². The van der Waals surface area contributed by atoms with Crippen LogP contribution in [0.15, 0.2) is 23.3 Å². The summed E-state index contributed by atoms with van der Waals surface area (Å²) in [5.41, 5.74) is -0.178. The number of hydrogen-bond acceptors (Lipinski definition) is 3. The smallest absolute Gasteiger partial charge is 0.312 e. The van der Waals surface area contributed by atoms with Gasteiger partial charge in [-0.2, -0.15) is 0 Å². The van der Waals surface area contributed by atoms with Crippen molar-refractivity contribution in [1.29, 1.82) is 0 Å². The van der Waals surface area contributed by atoms with E-state index < -0.39 is 0 Å². The Hall–Kier alpha value is -1.16. The summed E-state index contributed by atoms with van der Waals surface area (Å²) in [4.78, 5) is 14.9. The van der Waals surface area contributed by atoms with Crippen LogP contribution >= 0.6 is 0 Å². The van der Waals surface area contributed by atoms with Crippen LogP contribution in [0.1, 0.15) is 26.7 Å². The second-order valence-corrected chi connectivity index (χ2v) is 3.74. The highest BCUT2D eigenvalue weighted by Gasteiger charge is 1.99. The Morgan fingerprint density at radius 2 is 2.40 bits per heavy atom. The third-order valence-electron chi connectivity index (χ3n) is 2.35. The summed E-state index contributed by atoms with van der Waals surface area (Å²) in [7, 11) is 0. The fraction of sp³-hybridized carbons (Fsp3) is 0.636. The van der Waals surface area contributed by atoms with Gasteiger partial charge >= 0.3 is 5.69 Å². The molecule has 15 heavy (non-hydrogen) atoms. The lowest BCUT2D eigenvalue weighted by Gasteiger charge is -2.12. The number of hydrogen-bond donors (Lipinski definition) is 1. The Bertz CT molecular complexity index is 335. The SMILES string of the molecule is CCCC(C)NCCn1cccnc1=O. The molecule has 1 atom stereocenters. The first-order valence-corrected chi connectivity index (χ1v) is 5.49. The van der Waals surface area contributed by atoms with E-state index >= 15 is 0 Å². The molecule has 0 fully saturated rings. The van der Waals surface area contributed by atoms with E-state index in [-0.39, 0.29) is 5.69 Å². The summed E-state index contributed by atoms with van der Waals surface area (Å²) in [6.45, 7) is 5.83. The van der Waals surface area contributed by atoms with Crippen molar-refractivity contribution in [1.82, 2.24) is 14.9 Å². The van der Waals surface area contributed by atoms with Crippen LogP contribution in [0.5, 0.6) is 0 Å². The fourth-order valence-electron chi connectivity index (χ4n) is 1.52. The second kappa shape index (κ2) is 6.35. The molecular formula is C11H19N3O. The Labute approximate surface area is 90.3 Å². The van der Waals surface area contributed by atoms with Crippen LogP contribution in [0.25, 0.3) is 0 Å². The highest BCUT2D eigenvalue weighted by atomic mass is 16.1. The molecule has 0 bridgehead atoms. The highest BCUT2D eigenvalue weighted by molar-refractivity contribution is 4.81. The van der Waals surface area contributed by atoms with Crippen LogP contribution in [-0.4, -0.2) is 22.1 Å². The van der Waals surface area contributed by atoms with E-state index in [9.17, 15) is 4.79 Å². The molecule has 0 aromatic carbocycles. The summed E-state index contributed by atoms with van der Waals surface area (Å²) < 4.78 is 1.62. The van der Waals surface area contributed by atoms with Gasteiger partial charge in [0.1, 0.15) is 0 Å². The van der Waals surface area contributed by atoms with Crippen molar-refractivity contribution in [3.05, 3.63) is 28.9 Å². The third-order valence-corrected chi connectivity index (χ3v) is 2.35. The molecule has 0 aliphatic carbocycles. The average Bonchev–Trinajstić information content (AvgIpc) is 2.21. The minimum Gasteiger partial charge on any atom is -0.312 e. The lowest BCUT2D eigenvalue weighted by atomic mass is 10.2. The van der Waals surface area contributed by atoms with Gasteiger partial charge in [-0.15, -0.1) is 0 Å². The van der Waals surface area contributed by atoms with Gasteiger partial charge in [0.25, 0.3) is 0 Å². The first-order chi connectivity index (χ1) is 7.24. The van der Waals surface area contributed by atoms with Crippen molar-refractivity contribution in [3.8, 4) is 0 Å². The lowest BCUT2D eigenvalue weighted by molar-refractivity contribution is 0.480. The van der Waals surface area contributed by atoms with Crippen LogP contribution in [-0.2, 0) is 6.54 Å². The predicted molar refractivity (Wildman–Crippen MR) is 60.9 cm³/mol. The maximum atomic E-state index is 11.2. The zero-order valence-electron chi connectivity index (χ0n) is 9.44. The molecule has 0 aliphatic heterocycles. The molecule has 4 heteroatoms. The van der Waals surface area contributed by atoms with Gasteiger partial charge in [0.2, 0.25) is 0 Å².